The second kappa shape index (κ2) is 6.76. The molecule has 23 heavy (non-hydrogen) atoms. The Bertz CT molecular complexity index is 659. The van der Waals surface area contributed by atoms with Gasteiger partial charge in [0, 0.05) is 0 Å². The second-order valence-electron chi connectivity index (χ2n) is 5.53. The van der Waals surface area contributed by atoms with Crippen molar-refractivity contribution in [1.29, 1.82) is 0 Å². The number of carbonyl (C=O) groups excluding carboxylic acids is 2. The maximum atomic E-state index is 12.2. The van der Waals surface area contributed by atoms with Crippen LogP contribution in [-0.4, -0.2) is 34.5 Å². The van der Waals surface area contributed by atoms with Gasteiger partial charge in [0.15, 0.2) is 0 Å². The topological polar surface area (TPSA) is 95.5 Å². The lowest BCUT2D eigenvalue weighted by Gasteiger charge is -2.38. The molecule has 1 aromatic rings. The highest BCUT2D eigenvalue weighted by Gasteiger charge is 2.46. The van der Waals surface area contributed by atoms with Crippen LogP contribution >= 0.6 is 23.2 Å². The first-order valence-corrected chi connectivity index (χ1v) is 7.83. The van der Waals surface area contributed by atoms with Crippen LogP contribution in [0.2, 0.25) is 10.0 Å². The zero-order valence-corrected chi connectivity index (χ0v) is 13.9. The van der Waals surface area contributed by atoms with E-state index in [-0.39, 0.29) is 15.6 Å². The van der Waals surface area contributed by atoms with E-state index >= 15 is 0 Å². The van der Waals surface area contributed by atoms with Crippen molar-refractivity contribution in [2.75, 3.05) is 0 Å². The molecule has 0 radical (unpaired) electrons. The highest BCUT2D eigenvalue weighted by molar-refractivity contribution is 6.43. The lowest BCUT2D eigenvalue weighted by Crippen LogP contribution is -2.62. The van der Waals surface area contributed by atoms with Gasteiger partial charge in [0.1, 0.15) is 11.6 Å². The van der Waals surface area contributed by atoms with Gasteiger partial charge in [0.2, 0.25) is 5.91 Å². The summed E-state index contributed by atoms with van der Waals surface area (Å²) in [5, 5.41) is 14.5. The standard InChI is InChI=1S/C15H16Cl2N2O4/c1-8(12(20)19-15(14(22)23)6-3-7-15)18-13(21)9-4-2-5-10(16)11(9)17/h2,4-5,8H,3,6-7H2,1H3,(H,18,21)(H,19,20)(H,22,23). The zero-order chi connectivity index (χ0) is 17.2. The van der Waals surface area contributed by atoms with Crippen LogP contribution in [0.25, 0.3) is 0 Å². The maximum Gasteiger partial charge on any atom is 0.329 e. The number of nitrogens with one attached hydrogen (secondary N) is 2. The van der Waals surface area contributed by atoms with E-state index in [0.29, 0.717) is 12.8 Å². The molecule has 0 heterocycles. The summed E-state index contributed by atoms with van der Waals surface area (Å²) in [6, 6.07) is 3.69. The van der Waals surface area contributed by atoms with Crippen LogP contribution in [-0.2, 0) is 9.59 Å². The number of carbonyl (C=O) groups is 3. The van der Waals surface area contributed by atoms with Gasteiger partial charge in [-0.1, -0.05) is 29.3 Å². The number of halogens is 2. The molecule has 0 saturated heterocycles. The van der Waals surface area contributed by atoms with Crippen LogP contribution in [0, 0.1) is 0 Å². The van der Waals surface area contributed by atoms with Crippen molar-refractivity contribution in [2.45, 2.75) is 37.8 Å². The van der Waals surface area contributed by atoms with E-state index in [4.69, 9.17) is 23.2 Å². The van der Waals surface area contributed by atoms with Crippen molar-refractivity contribution in [1.82, 2.24) is 10.6 Å². The van der Waals surface area contributed by atoms with Crippen LogP contribution in [0.1, 0.15) is 36.5 Å². The molecule has 1 aliphatic carbocycles. The molecular formula is C15H16Cl2N2O4. The van der Waals surface area contributed by atoms with Crippen molar-refractivity contribution in [3.05, 3.63) is 33.8 Å². The predicted octanol–water partition coefficient (Wildman–Crippen LogP) is 2.24. The fraction of sp³-hybridized carbons (Fsp3) is 0.400. The van der Waals surface area contributed by atoms with Gasteiger partial charge in [-0.05, 0) is 38.3 Å². The number of aliphatic carboxylic acids is 1. The summed E-state index contributed by atoms with van der Waals surface area (Å²) in [5.41, 5.74) is -1.07. The summed E-state index contributed by atoms with van der Waals surface area (Å²) >= 11 is 11.8. The minimum atomic E-state index is -1.22. The molecule has 8 heteroatoms. The quantitative estimate of drug-likeness (QED) is 0.751. The molecule has 2 rings (SSSR count). The average molecular weight is 359 g/mol. The van der Waals surface area contributed by atoms with E-state index in [1.165, 1.54) is 13.0 Å². The average Bonchev–Trinajstić information content (AvgIpc) is 2.44. The highest BCUT2D eigenvalue weighted by atomic mass is 35.5. The highest BCUT2D eigenvalue weighted by Crippen LogP contribution is 2.32. The van der Waals surface area contributed by atoms with Gasteiger partial charge in [-0.3, -0.25) is 9.59 Å². The number of carboxylic acids is 1. The predicted molar refractivity (Wildman–Crippen MR) is 85.8 cm³/mol. The molecule has 1 saturated carbocycles. The molecule has 0 aliphatic heterocycles. The first-order valence-electron chi connectivity index (χ1n) is 7.07. The Labute approximate surface area is 143 Å². The van der Waals surface area contributed by atoms with Crippen molar-refractivity contribution >= 4 is 41.0 Å². The summed E-state index contributed by atoms with van der Waals surface area (Å²) in [7, 11) is 0. The van der Waals surface area contributed by atoms with Crippen LogP contribution in [0.5, 0.6) is 0 Å². The molecule has 1 atom stereocenters. The Morgan fingerprint density at radius 2 is 1.91 bits per heavy atom. The number of carboxylic acid groups (broad SMARTS) is 1. The molecule has 3 N–H and O–H groups in total. The van der Waals surface area contributed by atoms with E-state index < -0.39 is 29.4 Å². The van der Waals surface area contributed by atoms with Gasteiger partial charge >= 0.3 is 5.97 Å². The van der Waals surface area contributed by atoms with Gasteiger partial charge < -0.3 is 15.7 Å². The largest absolute Gasteiger partial charge is 0.480 e. The Morgan fingerprint density at radius 1 is 1.26 bits per heavy atom. The molecule has 1 unspecified atom stereocenters. The molecule has 0 bridgehead atoms. The number of hydrogen-bond donors (Lipinski definition) is 3. The summed E-state index contributed by atoms with van der Waals surface area (Å²) < 4.78 is 0. The monoisotopic (exact) mass is 358 g/mol. The third-order valence-corrected chi connectivity index (χ3v) is 4.73. The van der Waals surface area contributed by atoms with Crippen molar-refractivity contribution in [3.63, 3.8) is 0 Å². The molecule has 1 fully saturated rings. The Hall–Kier alpha value is -1.79. The van der Waals surface area contributed by atoms with E-state index in [9.17, 15) is 19.5 Å². The van der Waals surface area contributed by atoms with E-state index in [1.807, 2.05) is 0 Å². The Kier molecular flexibility index (Phi) is 5.16. The fourth-order valence-corrected chi connectivity index (χ4v) is 2.67. The number of rotatable bonds is 5. The van der Waals surface area contributed by atoms with Crippen molar-refractivity contribution in [3.8, 4) is 0 Å². The SMILES string of the molecule is CC(NC(=O)c1cccc(Cl)c1Cl)C(=O)NC1(C(=O)O)CCC1. The lowest BCUT2D eigenvalue weighted by molar-refractivity contribution is -0.152. The third kappa shape index (κ3) is 3.59. The molecule has 0 spiro atoms. The van der Waals surface area contributed by atoms with Gasteiger partial charge in [-0.25, -0.2) is 4.79 Å². The molecule has 124 valence electrons. The molecule has 6 nitrogen and oxygen atoms in total. The Balaban J connectivity index is 2.02. The fourth-order valence-electron chi connectivity index (χ4n) is 2.29. The minimum Gasteiger partial charge on any atom is -0.480 e. The molecule has 0 aromatic heterocycles. The number of hydrogen-bond acceptors (Lipinski definition) is 3. The van der Waals surface area contributed by atoms with E-state index in [0.717, 1.165) is 6.42 Å². The molecular weight excluding hydrogens is 343 g/mol. The van der Waals surface area contributed by atoms with Gasteiger partial charge in [0.25, 0.3) is 5.91 Å². The normalized spacial score (nSPS) is 16.8. The molecule has 1 aromatic carbocycles. The first-order chi connectivity index (χ1) is 10.8. The van der Waals surface area contributed by atoms with E-state index in [2.05, 4.69) is 10.6 Å². The van der Waals surface area contributed by atoms with Crippen LogP contribution < -0.4 is 10.6 Å². The number of amides is 2. The van der Waals surface area contributed by atoms with Crippen LogP contribution in [0.4, 0.5) is 0 Å². The molecule has 1 aliphatic rings. The zero-order valence-electron chi connectivity index (χ0n) is 12.4. The number of benzene rings is 1. The Morgan fingerprint density at radius 3 is 2.43 bits per heavy atom. The van der Waals surface area contributed by atoms with Crippen LogP contribution in [0.3, 0.4) is 0 Å². The lowest BCUT2D eigenvalue weighted by atomic mass is 9.76. The molecule has 2 amide bonds. The van der Waals surface area contributed by atoms with Gasteiger partial charge in [-0.2, -0.15) is 0 Å². The summed E-state index contributed by atoms with van der Waals surface area (Å²) in [5.74, 6) is -2.18. The third-order valence-electron chi connectivity index (χ3n) is 3.92. The smallest absolute Gasteiger partial charge is 0.329 e. The summed E-state index contributed by atoms with van der Waals surface area (Å²) in [4.78, 5) is 35.5. The summed E-state index contributed by atoms with van der Waals surface area (Å²) in [6.45, 7) is 1.47. The van der Waals surface area contributed by atoms with E-state index in [1.54, 1.807) is 12.1 Å². The second-order valence-corrected chi connectivity index (χ2v) is 6.31. The maximum absolute atomic E-state index is 12.2. The minimum absolute atomic E-state index is 0.0975. The van der Waals surface area contributed by atoms with Crippen LogP contribution in [0.15, 0.2) is 18.2 Å². The van der Waals surface area contributed by atoms with Crippen molar-refractivity contribution < 1.29 is 19.5 Å². The van der Waals surface area contributed by atoms with Gasteiger partial charge in [-0.15, -0.1) is 0 Å². The van der Waals surface area contributed by atoms with Gasteiger partial charge in [0.05, 0.1) is 15.6 Å². The first kappa shape index (κ1) is 17.6. The summed E-state index contributed by atoms with van der Waals surface area (Å²) in [6.07, 6.45) is 1.51. The van der Waals surface area contributed by atoms with Crippen molar-refractivity contribution in [2.24, 2.45) is 0 Å².